The monoisotopic (exact) mass is 219 g/mol. The maximum absolute atomic E-state index is 11.2. The molecule has 0 rings (SSSR count). The van der Waals surface area contributed by atoms with E-state index in [-0.39, 0.29) is 6.04 Å². The molecule has 6 heteroatoms. The van der Waals surface area contributed by atoms with Gasteiger partial charge in [-0.2, -0.15) is 18.4 Å². The summed E-state index contributed by atoms with van der Waals surface area (Å²) in [5.41, 5.74) is 0. The molecule has 0 saturated heterocycles. The number of hydrogen-bond acceptors (Lipinski definition) is 3. The third-order valence-corrected chi connectivity index (χ3v) is 2.76. The number of unbranched alkanes of at least 4 members (excludes halogenated alkanes) is 2. The Balaban J connectivity index is 3.63. The average molecular weight is 219 g/mol. The van der Waals surface area contributed by atoms with Gasteiger partial charge in [0.25, 0.3) is 10.2 Å². The lowest BCUT2D eigenvalue weighted by molar-refractivity contribution is 0.551. The van der Waals surface area contributed by atoms with Crippen molar-refractivity contribution >= 4 is 10.2 Å². The smallest absolute Gasteiger partial charge is 0.202 e. The normalized spacial score (nSPS) is 11.6. The minimum atomic E-state index is -3.35. The van der Waals surface area contributed by atoms with Crippen LogP contribution in [-0.4, -0.2) is 21.0 Å². The summed E-state index contributed by atoms with van der Waals surface area (Å²) in [7, 11) is -3.35. The van der Waals surface area contributed by atoms with E-state index < -0.39 is 10.2 Å². The van der Waals surface area contributed by atoms with E-state index >= 15 is 0 Å². The van der Waals surface area contributed by atoms with E-state index in [0.717, 1.165) is 6.42 Å². The van der Waals surface area contributed by atoms with Crippen molar-refractivity contribution in [3.8, 4) is 6.07 Å². The molecule has 0 heterocycles. The molecule has 0 radical (unpaired) electrons. The van der Waals surface area contributed by atoms with E-state index in [4.69, 9.17) is 5.26 Å². The van der Waals surface area contributed by atoms with Gasteiger partial charge in [0, 0.05) is 19.0 Å². The summed E-state index contributed by atoms with van der Waals surface area (Å²) in [5.74, 6) is 0. The molecule has 0 aliphatic carbocycles. The van der Waals surface area contributed by atoms with Crippen LogP contribution in [0.15, 0.2) is 0 Å². The second-order valence-corrected chi connectivity index (χ2v) is 4.82. The summed E-state index contributed by atoms with van der Waals surface area (Å²) in [6, 6.07) is 1.90. The first-order valence-electron chi connectivity index (χ1n) is 4.62. The molecule has 0 aliphatic heterocycles. The molecule has 0 aliphatic rings. The summed E-state index contributed by atoms with van der Waals surface area (Å²) < 4.78 is 27.2. The van der Waals surface area contributed by atoms with Crippen LogP contribution in [0.1, 0.15) is 33.1 Å². The SMILES string of the molecule is CC(C)NS(=O)(=O)NCCCCC#N. The molecule has 0 saturated carbocycles. The predicted molar refractivity (Wildman–Crippen MR) is 54.7 cm³/mol. The minimum absolute atomic E-state index is 0.105. The minimum Gasteiger partial charge on any atom is -0.202 e. The van der Waals surface area contributed by atoms with Crippen LogP contribution in [0.25, 0.3) is 0 Å². The van der Waals surface area contributed by atoms with Crippen molar-refractivity contribution in [3.63, 3.8) is 0 Å². The van der Waals surface area contributed by atoms with E-state index in [0.29, 0.717) is 19.4 Å². The maximum Gasteiger partial charge on any atom is 0.277 e. The summed E-state index contributed by atoms with van der Waals surface area (Å²) in [6.45, 7) is 3.90. The lowest BCUT2D eigenvalue weighted by Gasteiger charge is -2.09. The fourth-order valence-corrected chi connectivity index (χ4v) is 2.00. The Labute approximate surface area is 85.7 Å². The molecular formula is C8H17N3O2S. The highest BCUT2D eigenvalue weighted by Crippen LogP contribution is 1.92. The fraction of sp³-hybridized carbons (Fsp3) is 0.875. The largest absolute Gasteiger partial charge is 0.277 e. The molecule has 0 aromatic carbocycles. The molecule has 0 amide bonds. The van der Waals surface area contributed by atoms with Gasteiger partial charge >= 0.3 is 0 Å². The summed E-state index contributed by atoms with van der Waals surface area (Å²) in [6.07, 6.45) is 1.88. The molecule has 0 fully saturated rings. The van der Waals surface area contributed by atoms with Crippen molar-refractivity contribution in [2.45, 2.75) is 39.2 Å². The van der Waals surface area contributed by atoms with Gasteiger partial charge in [0.15, 0.2) is 0 Å². The Hall–Kier alpha value is -0.640. The van der Waals surface area contributed by atoms with Crippen LogP contribution in [0, 0.1) is 11.3 Å². The summed E-state index contributed by atoms with van der Waals surface area (Å²) in [4.78, 5) is 0. The molecule has 5 nitrogen and oxygen atoms in total. The zero-order chi connectivity index (χ0) is 11.0. The van der Waals surface area contributed by atoms with Crippen LogP contribution >= 0.6 is 0 Å². The predicted octanol–water partition coefficient (Wildman–Crippen LogP) is 0.513. The first-order valence-corrected chi connectivity index (χ1v) is 6.10. The van der Waals surface area contributed by atoms with E-state index in [2.05, 4.69) is 9.44 Å². The first kappa shape index (κ1) is 13.4. The summed E-state index contributed by atoms with van der Waals surface area (Å²) >= 11 is 0. The molecule has 0 bridgehead atoms. The van der Waals surface area contributed by atoms with Gasteiger partial charge in [0.2, 0.25) is 0 Å². The van der Waals surface area contributed by atoms with E-state index in [1.165, 1.54) is 0 Å². The van der Waals surface area contributed by atoms with Crippen LogP contribution in [-0.2, 0) is 10.2 Å². The molecular weight excluding hydrogens is 202 g/mol. The van der Waals surface area contributed by atoms with Crippen LogP contribution in [0.3, 0.4) is 0 Å². The highest BCUT2D eigenvalue weighted by molar-refractivity contribution is 7.87. The Morgan fingerprint density at radius 1 is 1.36 bits per heavy atom. The van der Waals surface area contributed by atoms with Gasteiger partial charge in [-0.05, 0) is 26.7 Å². The van der Waals surface area contributed by atoms with E-state index in [1.807, 2.05) is 6.07 Å². The quantitative estimate of drug-likeness (QED) is 0.612. The van der Waals surface area contributed by atoms with Gasteiger partial charge in [-0.1, -0.05) is 0 Å². The van der Waals surface area contributed by atoms with E-state index in [9.17, 15) is 8.42 Å². The van der Waals surface area contributed by atoms with Crippen LogP contribution in [0.4, 0.5) is 0 Å². The van der Waals surface area contributed by atoms with Gasteiger partial charge in [-0.3, -0.25) is 0 Å². The van der Waals surface area contributed by atoms with Crippen LogP contribution in [0.2, 0.25) is 0 Å². The number of nitrogens with one attached hydrogen (secondary N) is 2. The van der Waals surface area contributed by atoms with Gasteiger partial charge < -0.3 is 0 Å². The lowest BCUT2D eigenvalue weighted by atomic mass is 10.2. The number of nitriles is 1. The van der Waals surface area contributed by atoms with Gasteiger partial charge in [0.05, 0.1) is 6.07 Å². The molecule has 0 aromatic heterocycles. The molecule has 0 spiro atoms. The third-order valence-electron chi connectivity index (χ3n) is 1.40. The molecule has 0 aromatic rings. The Kier molecular flexibility index (Phi) is 6.45. The lowest BCUT2D eigenvalue weighted by Crippen LogP contribution is -2.40. The number of rotatable bonds is 7. The number of nitrogens with zero attached hydrogens (tertiary/aromatic N) is 1. The van der Waals surface area contributed by atoms with Crippen molar-refractivity contribution in [2.75, 3.05) is 6.54 Å². The maximum atomic E-state index is 11.2. The van der Waals surface area contributed by atoms with Crippen molar-refractivity contribution in [1.29, 1.82) is 5.26 Å². The number of hydrogen-bond donors (Lipinski definition) is 2. The average Bonchev–Trinajstić information content (AvgIpc) is 2.01. The standard InChI is InChI=1S/C8H17N3O2S/c1-8(2)11-14(12,13)10-7-5-3-4-6-9/h8,10-11H,3-5,7H2,1-2H3. The van der Waals surface area contributed by atoms with Crippen LogP contribution in [0.5, 0.6) is 0 Å². The Morgan fingerprint density at radius 2 is 2.00 bits per heavy atom. The van der Waals surface area contributed by atoms with Gasteiger partial charge in [0.1, 0.15) is 0 Å². The van der Waals surface area contributed by atoms with Crippen molar-refractivity contribution in [3.05, 3.63) is 0 Å². The second kappa shape index (κ2) is 6.76. The summed E-state index contributed by atoms with van der Waals surface area (Å²) in [5, 5.41) is 8.24. The molecule has 2 N–H and O–H groups in total. The van der Waals surface area contributed by atoms with Crippen LogP contribution < -0.4 is 9.44 Å². The van der Waals surface area contributed by atoms with Crippen molar-refractivity contribution in [2.24, 2.45) is 0 Å². The molecule has 0 atom stereocenters. The Bertz CT molecular complexity index is 279. The van der Waals surface area contributed by atoms with E-state index in [1.54, 1.807) is 13.8 Å². The van der Waals surface area contributed by atoms with Gasteiger partial charge in [-0.15, -0.1) is 0 Å². The Morgan fingerprint density at radius 3 is 2.50 bits per heavy atom. The highest BCUT2D eigenvalue weighted by atomic mass is 32.2. The van der Waals surface area contributed by atoms with Crippen molar-refractivity contribution in [1.82, 2.24) is 9.44 Å². The first-order chi connectivity index (χ1) is 6.48. The highest BCUT2D eigenvalue weighted by Gasteiger charge is 2.09. The second-order valence-electron chi connectivity index (χ2n) is 3.29. The topological polar surface area (TPSA) is 82.0 Å². The van der Waals surface area contributed by atoms with Crippen molar-refractivity contribution < 1.29 is 8.42 Å². The zero-order valence-electron chi connectivity index (χ0n) is 8.58. The molecule has 0 unspecified atom stereocenters. The van der Waals surface area contributed by atoms with Gasteiger partial charge in [-0.25, -0.2) is 4.72 Å². The third kappa shape index (κ3) is 7.98. The molecule has 14 heavy (non-hydrogen) atoms. The zero-order valence-corrected chi connectivity index (χ0v) is 9.39. The fourth-order valence-electron chi connectivity index (χ4n) is 0.888. The molecule has 82 valence electrons.